The van der Waals surface area contributed by atoms with Crippen LogP contribution in [0, 0.1) is 52.3 Å². The predicted molar refractivity (Wildman–Crippen MR) is 119 cm³/mol. The third-order valence-corrected chi connectivity index (χ3v) is 11.1. The molecule has 0 bridgehead atoms. The predicted octanol–water partition coefficient (Wildman–Crippen LogP) is 6.46. The molecule has 0 unspecified atom stereocenters. The van der Waals surface area contributed by atoms with Gasteiger partial charge in [-0.15, -0.1) is 0 Å². The molecule has 0 spiro atoms. The highest BCUT2D eigenvalue weighted by Crippen LogP contribution is 2.69. The third kappa shape index (κ3) is 3.17. The van der Waals surface area contributed by atoms with Gasteiger partial charge in [0, 0.05) is 0 Å². The van der Waals surface area contributed by atoms with Crippen molar-refractivity contribution >= 4 is 0 Å². The molecule has 0 aromatic heterocycles. The number of epoxide rings is 1. The molecule has 2 nitrogen and oxygen atoms in total. The van der Waals surface area contributed by atoms with E-state index in [1.165, 1.54) is 57.8 Å². The van der Waals surface area contributed by atoms with Crippen molar-refractivity contribution in [2.75, 3.05) is 0 Å². The average molecular weight is 403 g/mol. The van der Waals surface area contributed by atoms with Gasteiger partial charge in [0.2, 0.25) is 0 Å². The van der Waals surface area contributed by atoms with Gasteiger partial charge >= 0.3 is 0 Å². The fraction of sp³-hybridized carbons (Fsp3) is 1.00. The van der Waals surface area contributed by atoms with Crippen LogP contribution in [-0.2, 0) is 4.74 Å². The van der Waals surface area contributed by atoms with Crippen molar-refractivity contribution in [2.45, 2.75) is 117 Å². The summed E-state index contributed by atoms with van der Waals surface area (Å²) in [6.45, 7) is 12.5. The van der Waals surface area contributed by atoms with Crippen molar-refractivity contribution < 1.29 is 9.84 Å². The van der Waals surface area contributed by atoms with Crippen LogP contribution in [0.5, 0.6) is 0 Å². The summed E-state index contributed by atoms with van der Waals surface area (Å²) in [5.74, 6) is 6.07. The van der Waals surface area contributed by atoms with Crippen LogP contribution in [0.3, 0.4) is 0 Å². The molecule has 1 N–H and O–H groups in total. The van der Waals surface area contributed by atoms with Gasteiger partial charge in [0.15, 0.2) is 0 Å². The molecule has 1 aliphatic heterocycles. The molecule has 0 amide bonds. The van der Waals surface area contributed by atoms with Gasteiger partial charge in [-0.25, -0.2) is 0 Å². The minimum absolute atomic E-state index is 0.182. The lowest BCUT2D eigenvalue weighted by Gasteiger charge is -2.60. The summed E-state index contributed by atoms with van der Waals surface area (Å²) in [5.41, 5.74) is 0.899. The zero-order valence-corrected chi connectivity index (χ0v) is 19.7. The Morgan fingerprint density at radius 1 is 0.862 bits per heavy atom. The second-order valence-electron chi connectivity index (χ2n) is 12.9. The number of aliphatic hydroxyl groups is 1. The topological polar surface area (TPSA) is 32.8 Å². The molecule has 11 atom stereocenters. The van der Waals surface area contributed by atoms with Gasteiger partial charge in [-0.2, -0.15) is 0 Å². The van der Waals surface area contributed by atoms with Crippen molar-refractivity contribution in [3.05, 3.63) is 0 Å². The highest BCUT2D eigenvalue weighted by atomic mass is 16.6. The lowest BCUT2D eigenvalue weighted by atomic mass is 9.44. The molecule has 2 heteroatoms. The van der Waals surface area contributed by atoms with Crippen LogP contribution in [0.2, 0.25) is 0 Å². The number of fused-ring (bicyclic) bond motifs is 7. The molecule has 166 valence electrons. The van der Waals surface area contributed by atoms with Crippen LogP contribution in [0.1, 0.15) is 98.8 Å². The van der Waals surface area contributed by atoms with Crippen molar-refractivity contribution in [1.29, 1.82) is 0 Å². The molecule has 5 fully saturated rings. The Labute approximate surface area is 179 Å². The summed E-state index contributed by atoms with van der Waals surface area (Å²) in [6, 6.07) is 0. The molecular weight excluding hydrogens is 356 g/mol. The zero-order chi connectivity index (χ0) is 20.6. The second-order valence-corrected chi connectivity index (χ2v) is 12.9. The zero-order valence-electron chi connectivity index (χ0n) is 19.7. The summed E-state index contributed by atoms with van der Waals surface area (Å²) in [6.07, 6.45) is 14.2. The molecule has 1 heterocycles. The monoisotopic (exact) mass is 402 g/mol. The highest BCUT2D eigenvalue weighted by Gasteiger charge is 2.67. The highest BCUT2D eigenvalue weighted by molar-refractivity contribution is 5.15. The van der Waals surface area contributed by atoms with E-state index in [2.05, 4.69) is 34.6 Å². The Kier molecular flexibility index (Phi) is 5.18. The van der Waals surface area contributed by atoms with Crippen molar-refractivity contribution in [1.82, 2.24) is 0 Å². The van der Waals surface area contributed by atoms with Crippen LogP contribution >= 0.6 is 0 Å². The number of hydrogen-bond acceptors (Lipinski definition) is 2. The number of hydrogen-bond donors (Lipinski definition) is 1. The van der Waals surface area contributed by atoms with Crippen molar-refractivity contribution in [2.24, 2.45) is 52.3 Å². The fourth-order valence-corrected chi connectivity index (χ4v) is 9.69. The van der Waals surface area contributed by atoms with Gasteiger partial charge in [0.1, 0.15) is 6.10 Å². The number of aliphatic hydroxyl groups excluding tert-OH is 1. The summed E-state index contributed by atoms with van der Waals surface area (Å²) in [5, 5.41) is 10.7. The van der Waals surface area contributed by atoms with E-state index in [0.29, 0.717) is 22.9 Å². The van der Waals surface area contributed by atoms with Crippen molar-refractivity contribution in [3.8, 4) is 0 Å². The number of ether oxygens (including phenoxy) is 1. The molecule has 4 saturated carbocycles. The van der Waals surface area contributed by atoms with E-state index < -0.39 is 0 Å². The van der Waals surface area contributed by atoms with E-state index in [1.54, 1.807) is 0 Å². The summed E-state index contributed by atoms with van der Waals surface area (Å²) in [4.78, 5) is 0. The van der Waals surface area contributed by atoms with Gasteiger partial charge in [-0.05, 0) is 97.2 Å². The van der Waals surface area contributed by atoms with E-state index in [-0.39, 0.29) is 12.2 Å². The summed E-state index contributed by atoms with van der Waals surface area (Å²) >= 11 is 0. The second kappa shape index (κ2) is 7.22. The minimum atomic E-state index is -0.203. The molecule has 29 heavy (non-hydrogen) atoms. The first-order chi connectivity index (χ1) is 13.8. The molecular formula is C27H46O2. The normalized spacial score (nSPS) is 54.3. The Morgan fingerprint density at radius 3 is 2.34 bits per heavy atom. The first-order valence-electron chi connectivity index (χ1n) is 13.1. The lowest BCUT2D eigenvalue weighted by Crippen LogP contribution is -2.56. The first kappa shape index (κ1) is 20.8. The maximum atomic E-state index is 10.7. The Balaban J connectivity index is 1.31. The van der Waals surface area contributed by atoms with Crippen LogP contribution in [0.25, 0.3) is 0 Å². The average Bonchev–Trinajstić information content (AvgIpc) is 3.36. The van der Waals surface area contributed by atoms with E-state index in [1.807, 2.05) is 0 Å². The number of rotatable bonds is 5. The fourth-order valence-electron chi connectivity index (χ4n) is 9.69. The summed E-state index contributed by atoms with van der Waals surface area (Å²) in [7, 11) is 0. The Morgan fingerprint density at radius 2 is 1.59 bits per heavy atom. The Hall–Kier alpha value is -0.0800. The van der Waals surface area contributed by atoms with Crippen LogP contribution in [-0.4, -0.2) is 23.4 Å². The molecule has 0 radical (unpaired) electrons. The lowest BCUT2D eigenvalue weighted by molar-refractivity contribution is -0.125. The minimum Gasteiger partial charge on any atom is -0.390 e. The van der Waals surface area contributed by atoms with E-state index >= 15 is 0 Å². The summed E-state index contributed by atoms with van der Waals surface area (Å²) < 4.78 is 5.96. The Bertz CT molecular complexity index is 616. The molecule has 5 aliphatic rings. The molecule has 5 rings (SSSR count). The molecule has 0 aromatic rings. The van der Waals surface area contributed by atoms with Crippen LogP contribution in [0.4, 0.5) is 0 Å². The standard InChI is InChI=1S/C27H46O2/c1-16(2)7-6-8-17(3)19-11-12-20-18-9-10-22-24-25(29-24)23(28)15-27(22,5)21(18)13-14-26(19,20)4/h16-25,28H,6-15H2,1-5H3/t17-,18+,19-,20+,21+,22+,23+,24+,25-,26-,27-/m1/s1. The van der Waals surface area contributed by atoms with E-state index in [9.17, 15) is 5.11 Å². The van der Waals surface area contributed by atoms with Crippen molar-refractivity contribution in [3.63, 3.8) is 0 Å². The first-order valence-corrected chi connectivity index (χ1v) is 13.1. The third-order valence-electron chi connectivity index (χ3n) is 11.1. The molecule has 4 aliphatic carbocycles. The molecule has 0 aromatic carbocycles. The van der Waals surface area contributed by atoms with Gasteiger partial charge < -0.3 is 9.84 Å². The molecule has 1 saturated heterocycles. The quantitative estimate of drug-likeness (QED) is 0.536. The van der Waals surface area contributed by atoms with Gasteiger partial charge in [-0.1, -0.05) is 53.9 Å². The maximum Gasteiger partial charge on any atom is 0.110 e. The SMILES string of the molecule is CC(C)CCC[C@@H](C)[C@H]1CC[C@H]2[C@@H]3CC[C@H]4[C@@H]5O[C@@H]5[C@@H](O)C[C@]4(C)[C@H]3CC[C@]12C. The van der Waals surface area contributed by atoms with Crippen LogP contribution < -0.4 is 0 Å². The van der Waals surface area contributed by atoms with E-state index in [0.717, 1.165) is 41.9 Å². The van der Waals surface area contributed by atoms with Gasteiger partial charge in [-0.3, -0.25) is 0 Å². The van der Waals surface area contributed by atoms with E-state index in [4.69, 9.17) is 4.74 Å². The smallest absolute Gasteiger partial charge is 0.110 e. The maximum absolute atomic E-state index is 10.7. The largest absolute Gasteiger partial charge is 0.390 e. The van der Waals surface area contributed by atoms with Gasteiger partial charge in [0.25, 0.3) is 0 Å². The van der Waals surface area contributed by atoms with Crippen LogP contribution in [0.15, 0.2) is 0 Å². The van der Waals surface area contributed by atoms with Gasteiger partial charge in [0.05, 0.1) is 12.2 Å².